The van der Waals surface area contributed by atoms with E-state index in [1.54, 1.807) is 0 Å². The number of halogens is 1. The molecule has 0 heterocycles. The molecule has 3 atom stereocenters. The Hall–Kier alpha value is 0.440. The highest BCUT2D eigenvalue weighted by molar-refractivity contribution is 9.10. The lowest BCUT2D eigenvalue weighted by molar-refractivity contribution is 0.132. The van der Waals surface area contributed by atoms with E-state index in [0.29, 0.717) is 0 Å². The van der Waals surface area contributed by atoms with Crippen LogP contribution < -0.4 is 0 Å². The Morgan fingerprint density at radius 1 is 1.56 bits per heavy atom. The van der Waals surface area contributed by atoms with E-state index in [-0.39, 0.29) is 10.4 Å². The van der Waals surface area contributed by atoms with Gasteiger partial charge in [-0.1, -0.05) is 15.9 Å². The first kappa shape index (κ1) is 6.17. The van der Waals surface area contributed by atoms with Crippen LogP contribution in [0.1, 0.15) is 25.7 Å². The van der Waals surface area contributed by atoms with Crippen LogP contribution >= 0.6 is 15.9 Å². The largest absolute Gasteiger partial charge is 0.392 e. The van der Waals surface area contributed by atoms with Gasteiger partial charge in [-0.15, -0.1) is 0 Å². The van der Waals surface area contributed by atoms with Crippen LogP contribution in [0.15, 0.2) is 0 Å². The maximum Gasteiger partial charge on any atom is 0.0696 e. The molecule has 9 heavy (non-hydrogen) atoms. The second-order valence-electron chi connectivity index (χ2n) is 3.39. The van der Waals surface area contributed by atoms with Crippen molar-refractivity contribution in [2.24, 2.45) is 5.92 Å². The molecule has 1 nitrogen and oxygen atoms in total. The fraction of sp³-hybridized carbons (Fsp3) is 1.00. The Balaban J connectivity index is 2.22. The van der Waals surface area contributed by atoms with E-state index in [1.165, 1.54) is 19.3 Å². The van der Waals surface area contributed by atoms with E-state index in [9.17, 15) is 5.11 Å². The average Bonchev–Trinajstić information content (AvgIpc) is 2.22. The number of hydrogen-bond donors (Lipinski definition) is 1. The highest BCUT2D eigenvalue weighted by Crippen LogP contribution is 2.52. The predicted molar refractivity (Wildman–Crippen MR) is 39.6 cm³/mol. The van der Waals surface area contributed by atoms with E-state index in [1.807, 2.05) is 0 Å². The third-order valence-electron chi connectivity index (χ3n) is 2.75. The van der Waals surface area contributed by atoms with Crippen LogP contribution in [0.3, 0.4) is 0 Å². The van der Waals surface area contributed by atoms with E-state index in [4.69, 9.17) is 0 Å². The first-order chi connectivity index (χ1) is 4.21. The predicted octanol–water partition coefficient (Wildman–Crippen LogP) is 1.68. The van der Waals surface area contributed by atoms with Crippen molar-refractivity contribution in [2.75, 3.05) is 0 Å². The zero-order valence-corrected chi connectivity index (χ0v) is 6.89. The number of aliphatic hydroxyl groups is 1. The van der Waals surface area contributed by atoms with Gasteiger partial charge in [0.05, 0.1) is 10.4 Å². The highest BCUT2D eigenvalue weighted by atomic mass is 79.9. The third kappa shape index (κ3) is 0.761. The van der Waals surface area contributed by atoms with Gasteiger partial charge in [0.25, 0.3) is 0 Å². The van der Waals surface area contributed by atoms with Gasteiger partial charge >= 0.3 is 0 Å². The molecule has 0 amide bonds. The Bertz CT molecular complexity index is 137. The Morgan fingerprint density at radius 3 is 2.56 bits per heavy atom. The highest BCUT2D eigenvalue weighted by Gasteiger charge is 2.49. The molecule has 2 heteroatoms. The molecule has 2 aliphatic carbocycles. The lowest BCUT2D eigenvalue weighted by Gasteiger charge is -2.24. The maximum atomic E-state index is 9.43. The molecule has 52 valence electrons. The van der Waals surface area contributed by atoms with Gasteiger partial charge in [-0.05, 0) is 31.6 Å². The molecule has 0 spiro atoms. The van der Waals surface area contributed by atoms with Crippen molar-refractivity contribution in [3.8, 4) is 0 Å². The lowest BCUT2D eigenvalue weighted by Crippen LogP contribution is -2.29. The van der Waals surface area contributed by atoms with Crippen molar-refractivity contribution in [3.05, 3.63) is 0 Å². The van der Waals surface area contributed by atoms with Crippen molar-refractivity contribution in [2.45, 2.75) is 36.1 Å². The van der Waals surface area contributed by atoms with Gasteiger partial charge in [-0.3, -0.25) is 0 Å². The van der Waals surface area contributed by atoms with Crippen LogP contribution in [-0.2, 0) is 0 Å². The molecule has 2 bridgehead atoms. The molecule has 2 aliphatic rings. The summed E-state index contributed by atoms with van der Waals surface area (Å²) in [5.41, 5.74) is 0. The normalized spacial score (nSPS) is 56.7. The van der Waals surface area contributed by atoms with Crippen LogP contribution in [-0.4, -0.2) is 15.5 Å². The summed E-state index contributed by atoms with van der Waals surface area (Å²) in [7, 11) is 0. The molecular weight excluding hydrogens is 180 g/mol. The molecule has 2 rings (SSSR count). The van der Waals surface area contributed by atoms with E-state index in [0.717, 1.165) is 12.3 Å². The molecule has 0 unspecified atom stereocenters. The molecule has 1 N–H and O–H groups in total. The summed E-state index contributed by atoms with van der Waals surface area (Å²) >= 11 is 3.60. The van der Waals surface area contributed by atoms with Crippen molar-refractivity contribution in [1.29, 1.82) is 0 Å². The standard InChI is InChI=1S/C7H11BrO/c8-7-2-1-5(4-7)3-6(7)9/h5-6,9H,1-4H2/t5-,6-,7+/m1/s1. The van der Waals surface area contributed by atoms with E-state index in [2.05, 4.69) is 15.9 Å². The Morgan fingerprint density at radius 2 is 2.33 bits per heavy atom. The van der Waals surface area contributed by atoms with Crippen LogP contribution in [0.5, 0.6) is 0 Å². The molecule has 2 saturated carbocycles. The number of fused-ring (bicyclic) bond motifs is 2. The van der Waals surface area contributed by atoms with Crippen molar-refractivity contribution in [1.82, 2.24) is 0 Å². The minimum atomic E-state index is -0.0590. The van der Waals surface area contributed by atoms with Crippen molar-refractivity contribution < 1.29 is 5.11 Å². The van der Waals surface area contributed by atoms with Gasteiger partial charge in [-0.2, -0.15) is 0 Å². The monoisotopic (exact) mass is 190 g/mol. The van der Waals surface area contributed by atoms with Crippen LogP contribution in [0.2, 0.25) is 0 Å². The van der Waals surface area contributed by atoms with Gasteiger partial charge in [0.1, 0.15) is 0 Å². The first-order valence-electron chi connectivity index (χ1n) is 3.58. The molecular formula is C7H11BrO. The summed E-state index contributed by atoms with van der Waals surface area (Å²) in [6.45, 7) is 0. The summed E-state index contributed by atoms with van der Waals surface area (Å²) in [5, 5.41) is 9.43. The average molecular weight is 191 g/mol. The van der Waals surface area contributed by atoms with Gasteiger partial charge in [0.2, 0.25) is 0 Å². The van der Waals surface area contributed by atoms with E-state index < -0.39 is 0 Å². The molecule has 0 aromatic carbocycles. The lowest BCUT2D eigenvalue weighted by atomic mass is 9.98. The zero-order valence-electron chi connectivity index (χ0n) is 5.31. The topological polar surface area (TPSA) is 20.2 Å². The molecule has 2 fully saturated rings. The maximum absolute atomic E-state index is 9.43. The number of alkyl halides is 1. The quantitative estimate of drug-likeness (QED) is 0.577. The summed E-state index contributed by atoms with van der Waals surface area (Å²) < 4.78 is 0.137. The summed E-state index contributed by atoms with van der Waals surface area (Å²) in [6, 6.07) is 0. The molecule has 0 aliphatic heterocycles. The third-order valence-corrected chi connectivity index (χ3v) is 4.00. The van der Waals surface area contributed by atoms with Crippen LogP contribution in [0, 0.1) is 5.92 Å². The first-order valence-corrected chi connectivity index (χ1v) is 4.37. The minimum absolute atomic E-state index is 0.0590. The van der Waals surface area contributed by atoms with Crippen LogP contribution in [0.25, 0.3) is 0 Å². The second-order valence-corrected chi connectivity index (χ2v) is 4.97. The Kier molecular flexibility index (Phi) is 1.18. The fourth-order valence-electron chi connectivity index (χ4n) is 2.16. The molecule has 0 aromatic heterocycles. The zero-order chi connectivity index (χ0) is 6.48. The van der Waals surface area contributed by atoms with Crippen LogP contribution in [0.4, 0.5) is 0 Å². The number of aliphatic hydroxyl groups excluding tert-OH is 1. The van der Waals surface area contributed by atoms with Crippen molar-refractivity contribution in [3.63, 3.8) is 0 Å². The van der Waals surface area contributed by atoms with Gasteiger partial charge in [-0.25, -0.2) is 0 Å². The molecule has 0 radical (unpaired) electrons. The molecule has 0 saturated heterocycles. The smallest absolute Gasteiger partial charge is 0.0696 e. The SMILES string of the molecule is O[C@@H]1C[C@H]2CC[C@]1(Br)C2. The van der Waals surface area contributed by atoms with Gasteiger partial charge in [0.15, 0.2) is 0 Å². The number of rotatable bonds is 0. The van der Waals surface area contributed by atoms with Gasteiger partial charge < -0.3 is 5.11 Å². The second kappa shape index (κ2) is 1.73. The molecule has 0 aromatic rings. The summed E-state index contributed by atoms with van der Waals surface area (Å²) in [5.74, 6) is 0.819. The fourth-order valence-corrected chi connectivity index (χ4v) is 3.03. The summed E-state index contributed by atoms with van der Waals surface area (Å²) in [4.78, 5) is 0. The van der Waals surface area contributed by atoms with Crippen molar-refractivity contribution >= 4 is 15.9 Å². The Labute approximate surface area is 63.6 Å². The summed E-state index contributed by atoms with van der Waals surface area (Å²) in [6.07, 6.45) is 4.68. The van der Waals surface area contributed by atoms with Gasteiger partial charge in [0, 0.05) is 0 Å². The minimum Gasteiger partial charge on any atom is -0.392 e. The van der Waals surface area contributed by atoms with E-state index >= 15 is 0 Å². The number of hydrogen-bond acceptors (Lipinski definition) is 1.